The molecule has 2 saturated heterocycles. The third kappa shape index (κ3) is 5.26. The molecule has 0 saturated carbocycles. The van der Waals surface area contributed by atoms with Crippen molar-refractivity contribution in [2.45, 2.75) is 25.4 Å². The van der Waals surface area contributed by atoms with Crippen LogP contribution in [0, 0.1) is 0 Å². The topological polar surface area (TPSA) is 61.9 Å². The summed E-state index contributed by atoms with van der Waals surface area (Å²) in [5, 5.41) is 3.08. The maximum atomic E-state index is 12.7. The lowest BCUT2D eigenvalue weighted by molar-refractivity contribution is -0.142. The first-order valence-electron chi connectivity index (χ1n) is 10.7. The Morgan fingerprint density at radius 1 is 0.967 bits per heavy atom. The summed E-state index contributed by atoms with van der Waals surface area (Å²) in [5.41, 5.74) is 3.17. The molecule has 0 radical (unpaired) electrons. The third-order valence-corrected chi connectivity index (χ3v) is 5.79. The molecule has 6 nitrogen and oxygen atoms in total. The van der Waals surface area contributed by atoms with E-state index in [-0.39, 0.29) is 17.9 Å². The zero-order valence-electron chi connectivity index (χ0n) is 17.3. The van der Waals surface area contributed by atoms with E-state index in [9.17, 15) is 9.59 Å². The maximum absolute atomic E-state index is 12.7. The highest BCUT2D eigenvalue weighted by molar-refractivity contribution is 5.93. The number of para-hydroxylation sites is 1. The number of hydrogen-bond donors (Lipinski definition) is 1. The van der Waals surface area contributed by atoms with Crippen LogP contribution in [-0.2, 0) is 20.7 Å². The van der Waals surface area contributed by atoms with Crippen molar-refractivity contribution < 1.29 is 14.3 Å². The monoisotopic (exact) mass is 407 g/mol. The van der Waals surface area contributed by atoms with E-state index in [0.717, 1.165) is 30.5 Å². The predicted molar refractivity (Wildman–Crippen MR) is 116 cm³/mol. The van der Waals surface area contributed by atoms with Crippen LogP contribution in [0.1, 0.15) is 24.0 Å². The smallest absolute Gasteiger partial charge is 0.251 e. The normalized spacial score (nSPS) is 19.6. The SMILES string of the molecule is O=C(CN1CCN(C(=O)[C@H]2CCCO2)CC1)Nc1ccccc1Cc1ccccc1. The van der Waals surface area contributed by atoms with Gasteiger partial charge in [-0.3, -0.25) is 14.5 Å². The highest BCUT2D eigenvalue weighted by atomic mass is 16.5. The summed E-state index contributed by atoms with van der Waals surface area (Å²) in [4.78, 5) is 29.1. The van der Waals surface area contributed by atoms with Crippen molar-refractivity contribution in [1.29, 1.82) is 0 Å². The van der Waals surface area contributed by atoms with Crippen molar-refractivity contribution >= 4 is 17.5 Å². The van der Waals surface area contributed by atoms with Gasteiger partial charge in [-0.25, -0.2) is 0 Å². The number of carbonyl (C=O) groups excluding carboxylic acids is 2. The molecule has 0 aromatic heterocycles. The highest BCUT2D eigenvalue weighted by Crippen LogP contribution is 2.19. The molecule has 158 valence electrons. The highest BCUT2D eigenvalue weighted by Gasteiger charge is 2.30. The summed E-state index contributed by atoms with van der Waals surface area (Å²) in [6.45, 7) is 3.73. The quantitative estimate of drug-likeness (QED) is 0.800. The van der Waals surface area contributed by atoms with Crippen LogP contribution in [0.5, 0.6) is 0 Å². The minimum atomic E-state index is -0.263. The zero-order valence-corrected chi connectivity index (χ0v) is 17.3. The van der Waals surface area contributed by atoms with E-state index in [1.54, 1.807) is 0 Å². The van der Waals surface area contributed by atoms with Crippen LogP contribution in [0.25, 0.3) is 0 Å². The molecule has 2 aromatic rings. The van der Waals surface area contributed by atoms with Crippen LogP contribution in [0.3, 0.4) is 0 Å². The molecule has 2 heterocycles. The Labute approximate surface area is 177 Å². The van der Waals surface area contributed by atoms with Gasteiger partial charge in [0.25, 0.3) is 5.91 Å². The van der Waals surface area contributed by atoms with E-state index < -0.39 is 0 Å². The third-order valence-electron chi connectivity index (χ3n) is 5.79. The Balaban J connectivity index is 1.28. The maximum Gasteiger partial charge on any atom is 0.251 e. The Morgan fingerprint density at radius 2 is 1.70 bits per heavy atom. The first-order chi connectivity index (χ1) is 14.7. The first kappa shape index (κ1) is 20.6. The number of benzene rings is 2. The molecule has 1 atom stereocenters. The molecule has 2 fully saturated rings. The molecular weight excluding hydrogens is 378 g/mol. The number of carbonyl (C=O) groups is 2. The van der Waals surface area contributed by atoms with Gasteiger partial charge < -0.3 is 15.0 Å². The summed E-state index contributed by atoms with van der Waals surface area (Å²) in [7, 11) is 0. The largest absolute Gasteiger partial charge is 0.368 e. The number of rotatable bonds is 6. The standard InChI is InChI=1S/C24H29N3O3/c28-23(18-26-12-14-27(15-13-26)24(29)22-11-6-16-30-22)25-21-10-5-4-9-20(21)17-19-7-2-1-3-8-19/h1-5,7-10,22H,6,11-18H2,(H,25,28)/t22-/m1/s1. The van der Waals surface area contributed by atoms with E-state index in [1.165, 1.54) is 5.56 Å². The summed E-state index contributed by atoms with van der Waals surface area (Å²) < 4.78 is 5.51. The minimum absolute atomic E-state index is 0.0191. The lowest BCUT2D eigenvalue weighted by Gasteiger charge is -2.35. The van der Waals surface area contributed by atoms with Gasteiger partial charge in [0.05, 0.1) is 6.54 Å². The lowest BCUT2D eigenvalue weighted by Crippen LogP contribution is -2.52. The lowest BCUT2D eigenvalue weighted by atomic mass is 10.0. The van der Waals surface area contributed by atoms with Gasteiger partial charge in [0.2, 0.25) is 5.91 Å². The van der Waals surface area contributed by atoms with Crippen molar-refractivity contribution in [2.75, 3.05) is 44.6 Å². The van der Waals surface area contributed by atoms with Gasteiger partial charge in [0, 0.05) is 38.5 Å². The minimum Gasteiger partial charge on any atom is -0.368 e. The molecule has 2 aliphatic heterocycles. The molecule has 0 bridgehead atoms. The molecule has 0 unspecified atom stereocenters. The van der Waals surface area contributed by atoms with E-state index in [1.807, 2.05) is 41.3 Å². The Kier molecular flexibility index (Phi) is 6.77. The number of piperazine rings is 1. The van der Waals surface area contributed by atoms with Crippen molar-refractivity contribution in [3.8, 4) is 0 Å². The van der Waals surface area contributed by atoms with Gasteiger partial charge >= 0.3 is 0 Å². The predicted octanol–water partition coefficient (Wildman–Crippen LogP) is 2.54. The number of ether oxygens (including phenoxy) is 1. The van der Waals surface area contributed by atoms with Crippen LogP contribution >= 0.6 is 0 Å². The fourth-order valence-electron chi connectivity index (χ4n) is 4.11. The van der Waals surface area contributed by atoms with Crippen LogP contribution in [0.2, 0.25) is 0 Å². The second-order valence-corrected chi connectivity index (χ2v) is 7.97. The second-order valence-electron chi connectivity index (χ2n) is 7.97. The van der Waals surface area contributed by atoms with Gasteiger partial charge in [-0.05, 0) is 36.5 Å². The first-order valence-corrected chi connectivity index (χ1v) is 10.7. The summed E-state index contributed by atoms with van der Waals surface area (Å²) >= 11 is 0. The summed E-state index contributed by atoms with van der Waals surface area (Å²) in [6.07, 6.45) is 2.30. The Hall–Kier alpha value is -2.70. The average Bonchev–Trinajstić information content (AvgIpc) is 3.31. The van der Waals surface area contributed by atoms with Gasteiger partial charge in [0.15, 0.2) is 0 Å². The zero-order chi connectivity index (χ0) is 20.8. The van der Waals surface area contributed by atoms with Crippen molar-refractivity contribution in [3.63, 3.8) is 0 Å². The number of nitrogens with one attached hydrogen (secondary N) is 1. The van der Waals surface area contributed by atoms with Crippen molar-refractivity contribution in [3.05, 3.63) is 65.7 Å². The van der Waals surface area contributed by atoms with Crippen LogP contribution in [-0.4, -0.2) is 67.0 Å². The van der Waals surface area contributed by atoms with E-state index in [0.29, 0.717) is 39.3 Å². The van der Waals surface area contributed by atoms with Gasteiger partial charge in [-0.1, -0.05) is 48.5 Å². The molecule has 4 rings (SSSR count). The number of hydrogen-bond acceptors (Lipinski definition) is 4. The number of amides is 2. The number of nitrogens with zero attached hydrogens (tertiary/aromatic N) is 2. The fraction of sp³-hybridized carbons (Fsp3) is 0.417. The van der Waals surface area contributed by atoms with E-state index >= 15 is 0 Å². The van der Waals surface area contributed by atoms with Gasteiger partial charge in [-0.2, -0.15) is 0 Å². The molecule has 0 aliphatic carbocycles. The van der Waals surface area contributed by atoms with Gasteiger partial charge in [0.1, 0.15) is 6.10 Å². The molecular formula is C24H29N3O3. The fourth-order valence-corrected chi connectivity index (χ4v) is 4.11. The Bertz CT molecular complexity index is 857. The molecule has 30 heavy (non-hydrogen) atoms. The van der Waals surface area contributed by atoms with Crippen molar-refractivity contribution in [2.24, 2.45) is 0 Å². The van der Waals surface area contributed by atoms with Crippen LogP contribution in [0.4, 0.5) is 5.69 Å². The number of anilines is 1. The van der Waals surface area contributed by atoms with Crippen LogP contribution in [0.15, 0.2) is 54.6 Å². The molecule has 1 N–H and O–H groups in total. The van der Waals surface area contributed by atoms with E-state index in [2.05, 4.69) is 28.4 Å². The average molecular weight is 408 g/mol. The van der Waals surface area contributed by atoms with E-state index in [4.69, 9.17) is 4.74 Å². The molecule has 6 heteroatoms. The molecule has 2 aliphatic rings. The van der Waals surface area contributed by atoms with Crippen molar-refractivity contribution in [1.82, 2.24) is 9.80 Å². The van der Waals surface area contributed by atoms with Gasteiger partial charge in [-0.15, -0.1) is 0 Å². The molecule has 2 amide bonds. The van der Waals surface area contributed by atoms with Crippen LogP contribution < -0.4 is 5.32 Å². The summed E-state index contributed by atoms with van der Waals surface area (Å²) in [5.74, 6) is 0.0841. The molecule has 0 spiro atoms. The summed E-state index contributed by atoms with van der Waals surface area (Å²) in [6, 6.07) is 18.2. The second kappa shape index (κ2) is 9.87. The Morgan fingerprint density at radius 3 is 2.43 bits per heavy atom. The molecule has 2 aromatic carbocycles.